The fourth-order valence-corrected chi connectivity index (χ4v) is 4.06. The van der Waals surface area contributed by atoms with Crippen molar-refractivity contribution in [3.8, 4) is 5.75 Å². The fourth-order valence-electron chi connectivity index (χ4n) is 4.06. The van der Waals surface area contributed by atoms with Crippen molar-refractivity contribution < 1.29 is 9.13 Å². The zero-order chi connectivity index (χ0) is 15.7. The highest BCUT2D eigenvalue weighted by atomic mass is 19.1. The summed E-state index contributed by atoms with van der Waals surface area (Å²) in [6.45, 7) is 11.8. The molecule has 0 unspecified atom stereocenters. The van der Waals surface area contributed by atoms with Gasteiger partial charge >= 0.3 is 0 Å². The van der Waals surface area contributed by atoms with E-state index in [-0.39, 0.29) is 5.82 Å². The molecule has 0 amide bonds. The van der Waals surface area contributed by atoms with Gasteiger partial charge in [0.05, 0.1) is 12.3 Å². The normalized spacial score (nSPS) is 21.0. The Kier molecular flexibility index (Phi) is 4.50. The van der Waals surface area contributed by atoms with Gasteiger partial charge in [0.15, 0.2) is 0 Å². The Morgan fingerprint density at radius 1 is 1.19 bits per heavy atom. The lowest BCUT2D eigenvalue weighted by Crippen LogP contribution is -2.40. The van der Waals surface area contributed by atoms with E-state index in [1.165, 1.54) is 18.6 Å². The summed E-state index contributed by atoms with van der Waals surface area (Å²) < 4.78 is 18.9. The molecule has 0 spiro atoms. The highest BCUT2D eigenvalue weighted by molar-refractivity contribution is 5.57. The third-order valence-electron chi connectivity index (χ3n) is 4.16. The van der Waals surface area contributed by atoms with E-state index in [0.29, 0.717) is 29.2 Å². The first-order valence-corrected chi connectivity index (χ1v) is 7.90. The standard InChI is InChI=1S/C18H28FNO/c1-6-21-16-9-13(19)7-8-15(16)20-14-10-17(2,3)12-18(4,5)11-14/h7-9,14,20H,6,10-12H2,1-5H3. The molecule has 1 aromatic rings. The van der Waals surface area contributed by atoms with Gasteiger partial charge in [-0.1, -0.05) is 27.7 Å². The SMILES string of the molecule is CCOc1cc(F)ccc1NC1CC(C)(C)CC(C)(C)C1. The lowest BCUT2D eigenvalue weighted by atomic mass is 9.63. The number of nitrogens with one attached hydrogen (secondary N) is 1. The van der Waals surface area contributed by atoms with E-state index in [1.807, 2.05) is 6.92 Å². The summed E-state index contributed by atoms with van der Waals surface area (Å²) in [4.78, 5) is 0. The lowest BCUT2D eigenvalue weighted by molar-refractivity contribution is 0.105. The Labute approximate surface area is 128 Å². The maximum atomic E-state index is 13.4. The lowest BCUT2D eigenvalue weighted by Gasteiger charge is -2.45. The average Bonchev–Trinajstić information content (AvgIpc) is 2.29. The molecule has 21 heavy (non-hydrogen) atoms. The van der Waals surface area contributed by atoms with Crippen LogP contribution in [0.1, 0.15) is 53.9 Å². The molecule has 1 aliphatic rings. The van der Waals surface area contributed by atoms with E-state index in [4.69, 9.17) is 4.74 Å². The number of benzene rings is 1. The van der Waals surface area contributed by atoms with Gasteiger partial charge in [-0.2, -0.15) is 0 Å². The molecule has 0 bridgehead atoms. The molecule has 0 aliphatic heterocycles. The minimum atomic E-state index is -0.256. The van der Waals surface area contributed by atoms with Crippen LogP contribution in [0.15, 0.2) is 18.2 Å². The molecule has 0 heterocycles. The first kappa shape index (κ1) is 16.1. The predicted molar refractivity (Wildman–Crippen MR) is 86.4 cm³/mol. The highest BCUT2D eigenvalue weighted by Gasteiger charge is 2.38. The second kappa shape index (κ2) is 5.86. The highest BCUT2D eigenvalue weighted by Crippen LogP contribution is 2.46. The van der Waals surface area contributed by atoms with E-state index < -0.39 is 0 Å². The molecule has 0 atom stereocenters. The van der Waals surface area contributed by atoms with Crippen LogP contribution in [0.25, 0.3) is 0 Å². The fraction of sp³-hybridized carbons (Fsp3) is 0.667. The summed E-state index contributed by atoms with van der Waals surface area (Å²) in [5.74, 6) is 0.354. The molecule has 1 saturated carbocycles. The van der Waals surface area contributed by atoms with Crippen LogP contribution in [0, 0.1) is 16.6 Å². The Morgan fingerprint density at radius 2 is 1.81 bits per heavy atom. The largest absolute Gasteiger partial charge is 0.492 e. The molecule has 0 aromatic heterocycles. The van der Waals surface area contributed by atoms with Crippen LogP contribution in [0.4, 0.5) is 10.1 Å². The van der Waals surface area contributed by atoms with E-state index in [0.717, 1.165) is 18.5 Å². The molecule has 118 valence electrons. The Balaban J connectivity index is 2.17. The molecule has 0 radical (unpaired) electrons. The van der Waals surface area contributed by atoms with E-state index in [9.17, 15) is 4.39 Å². The van der Waals surface area contributed by atoms with Crippen molar-refractivity contribution in [1.29, 1.82) is 0 Å². The molecular weight excluding hydrogens is 265 g/mol. The second-order valence-electron chi connectivity index (χ2n) is 7.83. The van der Waals surface area contributed by atoms with Gasteiger partial charge in [0.25, 0.3) is 0 Å². The molecule has 1 fully saturated rings. The molecule has 3 heteroatoms. The van der Waals surface area contributed by atoms with Crippen LogP contribution in [-0.2, 0) is 0 Å². The number of hydrogen-bond acceptors (Lipinski definition) is 2. The van der Waals surface area contributed by atoms with Crippen LogP contribution in [-0.4, -0.2) is 12.6 Å². The maximum Gasteiger partial charge on any atom is 0.145 e. The summed E-state index contributed by atoms with van der Waals surface area (Å²) in [6.07, 6.45) is 3.48. The minimum absolute atomic E-state index is 0.256. The molecule has 1 aliphatic carbocycles. The van der Waals surface area contributed by atoms with Gasteiger partial charge < -0.3 is 10.1 Å². The van der Waals surface area contributed by atoms with Gasteiger partial charge in [0, 0.05) is 12.1 Å². The van der Waals surface area contributed by atoms with Crippen molar-refractivity contribution in [2.24, 2.45) is 10.8 Å². The number of hydrogen-bond donors (Lipinski definition) is 1. The summed E-state index contributed by atoms with van der Waals surface area (Å²) in [6, 6.07) is 5.14. The van der Waals surface area contributed by atoms with Gasteiger partial charge in [-0.25, -0.2) is 4.39 Å². The summed E-state index contributed by atoms with van der Waals surface area (Å²) >= 11 is 0. The first-order chi connectivity index (χ1) is 9.71. The molecular formula is C18H28FNO. The van der Waals surface area contributed by atoms with Crippen LogP contribution in [0.2, 0.25) is 0 Å². The topological polar surface area (TPSA) is 21.3 Å². The number of rotatable bonds is 4. The van der Waals surface area contributed by atoms with Gasteiger partial charge in [-0.05, 0) is 49.1 Å². The molecule has 1 aromatic carbocycles. The van der Waals surface area contributed by atoms with Crippen molar-refractivity contribution >= 4 is 5.69 Å². The minimum Gasteiger partial charge on any atom is -0.492 e. The maximum absolute atomic E-state index is 13.4. The number of ether oxygens (including phenoxy) is 1. The predicted octanol–water partition coefficient (Wildman–Crippen LogP) is 5.24. The Hall–Kier alpha value is -1.25. The van der Waals surface area contributed by atoms with E-state index in [1.54, 1.807) is 6.07 Å². The van der Waals surface area contributed by atoms with Crippen LogP contribution >= 0.6 is 0 Å². The average molecular weight is 293 g/mol. The number of halogens is 1. The van der Waals surface area contributed by atoms with E-state index in [2.05, 4.69) is 33.0 Å². The quantitative estimate of drug-likeness (QED) is 0.819. The summed E-state index contributed by atoms with van der Waals surface area (Å²) in [5.41, 5.74) is 1.55. The van der Waals surface area contributed by atoms with Crippen molar-refractivity contribution in [1.82, 2.24) is 0 Å². The monoisotopic (exact) mass is 293 g/mol. The van der Waals surface area contributed by atoms with Crippen LogP contribution in [0.3, 0.4) is 0 Å². The van der Waals surface area contributed by atoms with Gasteiger partial charge in [0.2, 0.25) is 0 Å². The van der Waals surface area contributed by atoms with Gasteiger partial charge in [-0.15, -0.1) is 0 Å². The van der Waals surface area contributed by atoms with Crippen LogP contribution in [0.5, 0.6) is 5.75 Å². The zero-order valence-electron chi connectivity index (χ0n) is 13.9. The third kappa shape index (κ3) is 4.36. The molecule has 2 nitrogen and oxygen atoms in total. The van der Waals surface area contributed by atoms with E-state index >= 15 is 0 Å². The van der Waals surface area contributed by atoms with Crippen molar-refractivity contribution in [2.75, 3.05) is 11.9 Å². The van der Waals surface area contributed by atoms with Gasteiger partial charge in [0.1, 0.15) is 11.6 Å². The first-order valence-electron chi connectivity index (χ1n) is 7.90. The Morgan fingerprint density at radius 3 is 2.38 bits per heavy atom. The molecule has 2 rings (SSSR count). The molecule has 1 N–H and O–H groups in total. The van der Waals surface area contributed by atoms with Crippen LogP contribution < -0.4 is 10.1 Å². The van der Waals surface area contributed by atoms with Crippen molar-refractivity contribution in [3.63, 3.8) is 0 Å². The number of anilines is 1. The smallest absolute Gasteiger partial charge is 0.145 e. The van der Waals surface area contributed by atoms with Gasteiger partial charge in [-0.3, -0.25) is 0 Å². The zero-order valence-corrected chi connectivity index (χ0v) is 13.9. The third-order valence-corrected chi connectivity index (χ3v) is 4.16. The van der Waals surface area contributed by atoms with Crippen molar-refractivity contribution in [3.05, 3.63) is 24.0 Å². The van der Waals surface area contributed by atoms with Crippen molar-refractivity contribution in [2.45, 2.75) is 59.9 Å². The summed E-state index contributed by atoms with van der Waals surface area (Å²) in [7, 11) is 0. The summed E-state index contributed by atoms with van der Waals surface area (Å²) in [5, 5.41) is 3.58. The molecule has 0 saturated heterocycles. The Bertz CT molecular complexity index is 480. The second-order valence-corrected chi connectivity index (χ2v) is 7.83.